The van der Waals surface area contributed by atoms with Crippen molar-refractivity contribution in [1.82, 2.24) is 29.8 Å². The number of piperidine rings is 2. The van der Waals surface area contributed by atoms with Gasteiger partial charge in [0.1, 0.15) is 0 Å². The summed E-state index contributed by atoms with van der Waals surface area (Å²) in [6.07, 6.45) is 5.74. The first-order valence-electron chi connectivity index (χ1n) is 16.0. The summed E-state index contributed by atoms with van der Waals surface area (Å²) in [4.78, 5) is 53.7. The Bertz CT molecular complexity index is 942. The number of unbranched alkanes of at least 4 members (excludes halogenated alkanes) is 3. The second kappa shape index (κ2) is 14.0. The zero-order chi connectivity index (χ0) is 34.0. The van der Waals surface area contributed by atoms with E-state index in [0.29, 0.717) is 25.7 Å². The summed E-state index contributed by atoms with van der Waals surface area (Å²) in [7, 11) is 7.82. The van der Waals surface area contributed by atoms with Crippen LogP contribution in [0, 0.1) is 0 Å². The first-order chi connectivity index (χ1) is 20.0. The number of carbonyl (C=O) groups is 4. The smallest absolute Gasteiger partial charge is 0.396 e. The molecular weight excluding hydrogens is 564 g/mol. The van der Waals surface area contributed by atoms with Crippen molar-refractivity contribution in [3.8, 4) is 0 Å². The van der Waals surface area contributed by atoms with Crippen molar-refractivity contribution in [1.29, 1.82) is 0 Å². The number of rotatable bonds is 11. The highest BCUT2D eigenvalue weighted by atomic mass is 16.4. The Morgan fingerprint density at radius 3 is 1.05 bits per heavy atom. The van der Waals surface area contributed by atoms with Crippen LogP contribution in [-0.2, 0) is 19.2 Å². The van der Waals surface area contributed by atoms with Gasteiger partial charge in [-0.15, -0.1) is 0 Å². The summed E-state index contributed by atoms with van der Waals surface area (Å²) in [5.74, 6) is -4.83. The lowest BCUT2D eigenvalue weighted by Crippen LogP contribution is -2.64. The Labute approximate surface area is 265 Å². The van der Waals surface area contributed by atoms with Crippen LogP contribution in [0.5, 0.6) is 0 Å². The predicted octanol–water partition coefficient (Wildman–Crippen LogP) is 3.37. The molecule has 0 atom stereocenters. The van der Waals surface area contributed by atoms with Gasteiger partial charge in [-0.05, 0) is 108 Å². The van der Waals surface area contributed by atoms with E-state index in [1.165, 1.54) is 10.0 Å². The van der Waals surface area contributed by atoms with Gasteiger partial charge < -0.3 is 10.2 Å². The highest BCUT2D eigenvalue weighted by Gasteiger charge is 2.47. The van der Waals surface area contributed by atoms with Gasteiger partial charge in [-0.25, -0.2) is 19.6 Å². The third kappa shape index (κ3) is 8.70. The van der Waals surface area contributed by atoms with Gasteiger partial charge in [-0.3, -0.25) is 29.4 Å². The van der Waals surface area contributed by atoms with Gasteiger partial charge in [0.05, 0.1) is 0 Å². The number of hydrazine groups is 2. The number of aliphatic carboxylic acids is 2. The van der Waals surface area contributed by atoms with Crippen LogP contribution in [0.2, 0.25) is 0 Å². The maximum atomic E-state index is 12.8. The van der Waals surface area contributed by atoms with E-state index in [9.17, 15) is 29.4 Å². The van der Waals surface area contributed by atoms with E-state index in [1.807, 2.05) is 10.0 Å². The summed E-state index contributed by atoms with van der Waals surface area (Å²) >= 11 is 0. The fourth-order valence-electron chi connectivity index (χ4n) is 7.46. The summed E-state index contributed by atoms with van der Waals surface area (Å²) < 4.78 is 0. The third-order valence-electron chi connectivity index (χ3n) is 10.7. The standard InChI is InChI=1S/C32H60N6O6/c1-29(2)19-23(20-30(3,4)35(29)11)33(9)37(25(39)27(41)42)17-15-13-14-16-18-38(26(40)28(43)44)34(10)24-21-31(5,6)36(12)32(7,8)22-24/h23-24H,13-22H2,1-12H3,(H,41,42)(H,43,44). The van der Waals surface area contributed by atoms with Crippen molar-refractivity contribution >= 4 is 23.8 Å². The van der Waals surface area contributed by atoms with Crippen LogP contribution in [0.4, 0.5) is 0 Å². The monoisotopic (exact) mass is 624 g/mol. The lowest BCUT2D eigenvalue weighted by molar-refractivity contribution is -0.172. The van der Waals surface area contributed by atoms with E-state index in [2.05, 4.69) is 79.3 Å². The molecule has 0 radical (unpaired) electrons. The molecule has 2 amide bonds. The first kappa shape index (κ1) is 37.9. The summed E-state index contributed by atoms with van der Waals surface area (Å²) in [5, 5.41) is 25.5. The van der Waals surface area contributed by atoms with E-state index in [4.69, 9.17) is 0 Å². The fourth-order valence-corrected chi connectivity index (χ4v) is 7.46. The maximum absolute atomic E-state index is 12.8. The molecule has 0 aliphatic carbocycles. The average molecular weight is 625 g/mol. The van der Waals surface area contributed by atoms with Gasteiger partial charge >= 0.3 is 23.8 Å². The molecule has 2 N–H and O–H groups in total. The average Bonchev–Trinajstić information content (AvgIpc) is 2.89. The first-order valence-corrected chi connectivity index (χ1v) is 16.0. The second-order valence-corrected chi connectivity index (χ2v) is 15.5. The molecule has 254 valence electrons. The molecule has 2 rings (SSSR count). The van der Waals surface area contributed by atoms with Crippen molar-refractivity contribution in [2.75, 3.05) is 41.3 Å². The molecule has 44 heavy (non-hydrogen) atoms. The lowest BCUT2D eigenvalue weighted by Gasteiger charge is -2.56. The SMILES string of the molecule is CN(C1CC(C)(C)N(C)C(C)(C)C1)N(CCCCCCN(C(=O)C(=O)O)N(C)C1CC(C)(C)N(C)C(C)(C)C1)C(=O)C(=O)O. The summed E-state index contributed by atoms with van der Waals surface area (Å²) in [6, 6.07) is 0.000290. The molecule has 2 aliphatic rings. The minimum absolute atomic E-state index is 0.000145. The van der Waals surface area contributed by atoms with Crippen molar-refractivity contribution in [3.05, 3.63) is 0 Å². The molecule has 2 aliphatic heterocycles. The van der Waals surface area contributed by atoms with Crippen LogP contribution in [-0.4, -0.2) is 139 Å². The van der Waals surface area contributed by atoms with Crippen LogP contribution in [0.3, 0.4) is 0 Å². The molecule has 0 bridgehead atoms. The number of nitrogens with zero attached hydrogens (tertiary/aromatic N) is 6. The topological polar surface area (TPSA) is 128 Å². The largest absolute Gasteiger partial charge is 0.474 e. The molecule has 2 heterocycles. The van der Waals surface area contributed by atoms with Crippen LogP contribution in [0.25, 0.3) is 0 Å². The van der Waals surface area contributed by atoms with Gasteiger partial charge in [-0.2, -0.15) is 0 Å². The van der Waals surface area contributed by atoms with Crippen LogP contribution < -0.4 is 0 Å². The van der Waals surface area contributed by atoms with Gasteiger partial charge in [0.25, 0.3) is 0 Å². The number of amides is 2. The molecule has 0 aromatic carbocycles. The number of hydrogen-bond donors (Lipinski definition) is 2. The number of carboxylic acids is 2. The second-order valence-electron chi connectivity index (χ2n) is 15.5. The Balaban J connectivity index is 2.03. The quantitative estimate of drug-likeness (QED) is 0.201. The molecule has 12 heteroatoms. The fraction of sp³-hybridized carbons (Fsp3) is 0.875. The molecule has 2 fully saturated rings. The Kier molecular flexibility index (Phi) is 12.1. The zero-order valence-electron chi connectivity index (χ0n) is 29.4. The summed E-state index contributed by atoms with van der Waals surface area (Å²) in [5.41, 5.74) is -0.484. The molecule has 0 aromatic rings. The maximum Gasteiger partial charge on any atom is 0.396 e. The number of carboxylic acid groups (broad SMARTS) is 2. The Morgan fingerprint density at radius 1 is 0.568 bits per heavy atom. The highest BCUT2D eigenvalue weighted by Crippen LogP contribution is 2.40. The molecular formula is C32H60N6O6. The molecule has 0 unspecified atom stereocenters. The van der Waals surface area contributed by atoms with Crippen molar-refractivity contribution < 1.29 is 29.4 Å². The van der Waals surface area contributed by atoms with E-state index in [1.54, 1.807) is 14.1 Å². The van der Waals surface area contributed by atoms with Crippen molar-refractivity contribution in [2.45, 2.75) is 141 Å². The van der Waals surface area contributed by atoms with E-state index < -0.39 is 23.8 Å². The molecule has 2 saturated heterocycles. The van der Waals surface area contributed by atoms with Gasteiger partial charge in [0, 0.05) is 61.4 Å². The minimum Gasteiger partial charge on any atom is -0.474 e. The van der Waals surface area contributed by atoms with Crippen molar-refractivity contribution in [3.63, 3.8) is 0 Å². The van der Waals surface area contributed by atoms with E-state index in [0.717, 1.165) is 25.7 Å². The van der Waals surface area contributed by atoms with Crippen LogP contribution in [0.15, 0.2) is 0 Å². The normalized spacial score (nSPS) is 22.2. The Hall–Kier alpha value is -2.28. The molecule has 0 spiro atoms. The third-order valence-corrected chi connectivity index (χ3v) is 10.7. The zero-order valence-corrected chi connectivity index (χ0v) is 29.4. The van der Waals surface area contributed by atoms with E-state index >= 15 is 0 Å². The van der Waals surface area contributed by atoms with Gasteiger partial charge in [0.2, 0.25) is 0 Å². The summed E-state index contributed by atoms with van der Waals surface area (Å²) in [6.45, 7) is 17.9. The number of carbonyl (C=O) groups excluding carboxylic acids is 2. The Morgan fingerprint density at radius 2 is 0.818 bits per heavy atom. The predicted molar refractivity (Wildman–Crippen MR) is 171 cm³/mol. The number of likely N-dealkylation sites (tertiary alicyclic amines) is 2. The molecule has 0 saturated carbocycles. The number of hydrogen-bond acceptors (Lipinski definition) is 8. The van der Waals surface area contributed by atoms with Gasteiger partial charge in [-0.1, -0.05) is 12.8 Å². The van der Waals surface area contributed by atoms with Gasteiger partial charge in [0.15, 0.2) is 0 Å². The minimum atomic E-state index is -1.48. The van der Waals surface area contributed by atoms with Crippen molar-refractivity contribution in [2.24, 2.45) is 0 Å². The lowest BCUT2D eigenvalue weighted by atomic mass is 9.77. The highest BCUT2D eigenvalue weighted by molar-refractivity contribution is 6.31. The molecule has 0 aromatic heterocycles. The van der Waals surface area contributed by atoms with Crippen LogP contribution in [0.1, 0.15) is 107 Å². The van der Waals surface area contributed by atoms with E-state index in [-0.39, 0.29) is 47.3 Å². The van der Waals surface area contributed by atoms with Crippen LogP contribution >= 0.6 is 0 Å². The molecule has 12 nitrogen and oxygen atoms in total.